The second-order valence-electron chi connectivity index (χ2n) is 4.92. The number of phenols is 1. The Hall–Kier alpha value is -1.18. The number of hydrogen-bond acceptors (Lipinski definition) is 2. The highest BCUT2D eigenvalue weighted by Gasteiger charge is 2.28. The van der Waals surface area contributed by atoms with E-state index in [1.807, 2.05) is 12.1 Å². The summed E-state index contributed by atoms with van der Waals surface area (Å²) >= 11 is 0. The van der Waals surface area contributed by atoms with Gasteiger partial charge in [0.2, 0.25) is 0 Å². The van der Waals surface area contributed by atoms with Crippen LogP contribution in [-0.2, 0) is 11.8 Å². The molecule has 0 spiro atoms. The number of benzene rings is 1. The highest BCUT2D eigenvalue weighted by atomic mass is 16.5. The summed E-state index contributed by atoms with van der Waals surface area (Å²) in [6.45, 7) is 4.50. The number of aryl methyl sites for hydroxylation is 1. The number of methoxy groups -OCH3 is 1. The fourth-order valence-corrected chi connectivity index (χ4v) is 2.47. The lowest BCUT2D eigenvalue weighted by Crippen LogP contribution is -2.23. The Bertz CT molecular complexity index is 380. The molecule has 0 saturated carbocycles. The van der Waals surface area contributed by atoms with E-state index in [9.17, 15) is 5.11 Å². The third-order valence-corrected chi connectivity index (χ3v) is 3.38. The highest BCUT2D eigenvalue weighted by Crippen LogP contribution is 2.41. The zero-order valence-corrected chi connectivity index (χ0v) is 9.63. The van der Waals surface area contributed by atoms with Gasteiger partial charge < -0.3 is 9.84 Å². The fourth-order valence-electron chi connectivity index (χ4n) is 2.47. The van der Waals surface area contributed by atoms with Crippen LogP contribution < -0.4 is 4.74 Å². The quantitative estimate of drug-likeness (QED) is 0.765. The third-order valence-electron chi connectivity index (χ3n) is 3.38. The molecule has 1 aromatic carbocycles. The fraction of sp³-hybridized carbons (Fsp3) is 0.538. The van der Waals surface area contributed by atoms with Crippen LogP contribution in [0.1, 0.15) is 37.8 Å². The molecule has 1 aromatic rings. The van der Waals surface area contributed by atoms with Crippen molar-refractivity contribution in [3.8, 4) is 11.5 Å². The standard InChI is InChI=1S/C13H18O2/c1-13(2)6-4-5-9-7-11(14)12(15-3)8-10(9)13/h7-8,14H,4-6H2,1-3H3. The number of aromatic hydroxyl groups is 1. The summed E-state index contributed by atoms with van der Waals surface area (Å²) in [4.78, 5) is 0. The minimum absolute atomic E-state index is 0.203. The monoisotopic (exact) mass is 206 g/mol. The van der Waals surface area contributed by atoms with Crippen LogP contribution in [0.4, 0.5) is 0 Å². The van der Waals surface area contributed by atoms with Gasteiger partial charge in [-0.15, -0.1) is 0 Å². The van der Waals surface area contributed by atoms with Crippen molar-refractivity contribution in [3.63, 3.8) is 0 Å². The second-order valence-corrected chi connectivity index (χ2v) is 4.92. The van der Waals surface area contributed by atoms with Crippen LogP contribution in [0.3, 0.4) is 0 Å². The SMILES string of the molecule is COc1cc2c(cc1O)CCCC2(C)C. The van der Waals surface area contributed by atoms with Gasteiger partial charge >= 0.3 is 0 Å². The van der Waals surface area contributed by atoms with Crippen molar-refractivity contribution in [1.29, 1.82) is 0 Å². The topological polar surface area (TPSA) is 29.5 Å². The van der Waals surface area contributed by atoms with Crippen molar-refractivity contribution < 1.29 is 9.84 Å². The zero-order valence-electron chi connectivity index (χ0n) is 9.63. The Kier molecular flexibility index (Phi) is 2.37. The summed E-state index contributed by atoms with van der Waals surface area (Å²) in [5.41, 5.74) is 2.79. The summed E-state index contributed by atoms with van der Waals surface area (Å²) < 4.78 is 5.15. The lowest BCUT2D eigenvalue weighted by atomic mass is 9.73. The summed E-state index contributed by atoms with van der Waals surface area (Å²) in [5, 5.41) is 9.71. The number of ether oxygens (including phenoxy) is 1. The van der Waals surface area contributed by atoms with E-state index < -0.39 is 0 Å². The Labute approximate surface area is 90.9 Å². The van der Waals surface area contributed by atoms with Crippen LogP contribution in [0.15, 0.2) is 12.1 Å². The summed E-state index contributed by atoms with van der Waals surface area (Å²) in [5.74, 6) is 0.845. The Morgan fingerprint density at radius 1 is 1.33 bits per heavy atom. The molecule has 0 radical (unpaired) electrons. The number of hydrogen-bond donors (Lipinski definition) is 1. The molecule has 1 N–H and O–H groups in total. The molecule has 0 heterocycles. The van der Waals surface area contributed by atoms with Crippen molar-refractivity contribution in [1.82, 2.24) is 0 Å². The molecule has 0 unspecified atom stereocenters. The van der Waals surface area contributed by atoms with E-state index in [1.165, 1.54) is 24.0 Å². The second kappa shape index (κ2) is 3.44. The molecule has 0 bridgehead atoms. The highest BCUT2D eigenvalue weighted by molar-refractivity contribution is 5.49. The molecule has 0 fully saturated rings. The van der Waals surface area contributed by atoms with Gasteiger partial charge in [0.25, 0.3) is 0 Å². The van der Waals surface area contributed by atoms with Crippen LogP contribution in [0.5, 0.6) is 11.5 Å². The van der Waals surface area contributed by atoms with Gasteiger partial charge in [-0.25, -0.2) is 0 Å². The molecule has 1 aliphatic carbocycles. The largest absolute Gasteiger partial charge is 0.504 e. The van der Waals surface area contributed by atoms with Crippen molar-refractivity contribution >= 4 is 0 Å². The van der Waals surface area contributed by atoms with Gasteiger partial charge in [-0.1, -0.05) is 13.8 Å². The summed E-state index contributed by atoms with van der Waals surface area (Å²) in [7, 11) is 1.59. The zero-order chi connectivity index (χ0) is 11.1. The van der Waals surface area contributed by atoms with Crippen LogP contribution in [0.2, 0.25) is 0 Å². The van der Waals surface area contributed by atoms with E-state index in [2.05, 4.69) is 13.8 Å². The van der Waals surface area contributed by atoms with E-state index in [-0.39, 0.29) is 11.2 Å². The summed E-state index contributed by atoms with van der Waals surface area (Å²) in [6, 6.07) is 3.85. The molecule has 2 nitrogen and oxygen atoms in total. The van der Waals surface area contributed by atoms with Crippen molar-refractivity contribution in [2.45, 2.75) is 38.5 Å². The van der Waals surface area contributed by atoms with Gasteiger partial charge in [0.05, 0.1) is 7.11 Å². The molecule has 0 amide bonds. The first-order valence-electron chi connectivity index (χ1n) is 5.45. The molecule has 2 heteroatoms. The first-order valence-corrected chi connectivity index (χ1v) is 5.45. The van der Waals surface area contributed by atoms with E-state index in [1.54, 1.807) is 7.11 Å². The lowest BCUT2D eigenvalue weighted by Gasteiger charge is -2.32. The maximum absolute atomic E-state index is 9.71. The average Bonchev–Trinajstić information content (AvgIpc) is 2.16. The summed E-state index contributed by atoms with van der Waals surface area (Å²) in [6.07, 6.45) is 3.47. The Morgan fingerprint density at radius 2 is 2.07 bits per heavy atom. The van der Waals surface area contributed by atoms with Crippen molar-refractivity contribution in [2.75, 3.05) is 7.11 Å². The predicted molar refractivity (Wildman–Crippen MR) is 60.6 cm³/mol. The van der Waals surface area contributed by atoms with Crippen molar-refractivity contribution in [2.24, 2.45) is 0 Å². The minimum atomic E-state index is 0.203. The molecule has 2 rings (SSSR count). The van der Waals surface area contributed by atoms with Crippen LogP contribution in [0.25, 0.3) is 0 Å². The number of phenolic OH excluding ortho intramolecular Hbond substituents is 1. The van der Waals surface area contributed by atoms with Crippen LogP contribution >= 0.6 is 0 Å². The predicted octanol–water partition coefficient (Wildman–Crippen LogP) is 3.01. The number of fused-ring (bicyclic) bond motifs is 1. The van der Waals surface area contributed by atoms with Gasteiger partial charge in [-0.2, -0.15) is 0 Å². The Balaban J connectivity index is 2.56. The molecular formula is C13H18O2. The Morgan fingerprint density at radius 3 is 2.73 bits per heavy atom. The van der Waals surface area contributed by atoms with Crippen molar-refractivity contribution in [3.05, 3.63) is 23.3 Å². The van der Waals surface area contributed by atoms with E-state index in [4.69, 9.17) is 4.74 Å². The van der Waals surface area contributed by atoms with Gasteiger partial charge in [0.15, 0.2) is 11.5 Å². The maximum Gasteiger partial charge on any atom is 0.160 e. The molecule has 15 heavy (non-hydrogen) atoms. The first-order chi connectivity index (χ1) is 7.04. The van der Waals surface area contributed by atoms with E-state index in [0.29, 0.717) is 5.75 Å². The normalized spacial score (nSPS) is 18.3. The first kappa shape index (κ1) is 10.3. The average molecular weight is 206 g/mol. The molecule has 0 aliphatic heterocycles. The molecule has 0 atom stereocenters. The van der Waals surface area contributed by atoms with Crippen LogP contribution in [-0.4, -0.2) is 12.2 Å². The van der Waals surface area contributed by atoms with Gasteiger partial charge in [0, 0.05) is 0 Å². The molecule has 0 aromatic heterocycles. The van der Waals surface area contributed by atoms with Gasteiger partial charge in [-0.3, -0.25) is 0 Å². The lowest BCUT2D eigenvalue weighted by molar-refractivity contribution is 0.365. The smallest absolute Gasteiger partial charge is 0.160 e. The van der Waals surface area contributed by atoms with Crippen LogP contribution in [0, 0.1) is 0 Å². The maximum atomic E-state index is 9.71. The van der Waals surface area contributed by atoms with Gasteiger partial charge in [-0.05, 0) is 47.9 Å². The molecule has 82 valence electrons. The van der Waals surface area contributed by atoms with E-state index >= 15 is 0 Å². The molecular weight excluding hydrogens is 188 g/mol. The minimum Gasteiger partial charge on any atom is -0.504 e. The van der Waals surface area contributed by atoms with E-state index in [0.717, 1.165) is 6.42 Å². The van der Waals surface area contributed by atoms with Gasteiger partial charge in [0.1, 0.15) is 0 Å². The molecule has 1 aliphatic rings. The third kappa shape index (κ3) is 1.69. The number of rotatable bonds is 1. The molecule has 0 saturated heterocycles.